The normalized spacial score (nSPS) is 12.0. The molecule has 9 aromatic carbocycles. The highest BCUT2D eigenvalue weighted by Crippen LogP contribution is 2.47. The fourth-order valence-electron chi connectivity index (χ4n) is 8.23. The van der Waals surface area contributed by atoms with E-state index in [1.807, 2.05) is 22.7 Å². The Hall–Kier alpha value is -5.80. The maximum Gasteiger partial charge on any atom is 0.0434 e. The second-order valence-corrected chi connectivity index (χ2v) is 15.3. The van der Waals surface area contributed by atoms with Gasteiger partial charge in [0.25, 0.3) is 0 Å². The largest absolute Gasteiger partial charge is 0.135 e. The third-order valence-corrected chi connectivity index (χ3v) is 12.8. The van der Waals surface area contributed by atoms with Crippen molar-refractivity contribution in [3.63, 3.8) is 0 Å². The Morgan fingerprint density at radius 1 is 0.280 bits per heavy atom. The summed E-state index contributed by atoms with van der Waals surface area (Å²) in [6.45, 7) is 0. The van der Waals surface area contributed by atoms with Crippen molar-refractivity contribution >= 4 is 95.3 Å². The highest BCUT2D eigenvalue weighted by Gasteiger charge is 2.18. The van der Waals surface area contributed by atoms with Crippen LogP contribution in [0, 0.1) is 0 Å². The smallest absolute Gasteiger partial charge is 0.0434 e. The molecule has 11 aromatic rings. The first-order valence-electron chi connectivity index (χ1n) is 17.1. The zero-order chi connectivity index (χ0) is 32.8. The first kappa shape index (κ1) is 28.1. The second-order valence-electron chi connectivity index (χ2n) is 13.2. The summed E-state index contributed by atoms with van der Waals surface area (Å²) in [4.78, 5) is 0. The van der Waals surface area contributed by atoms with E-state index in [1.165, 1.54) is 106 Å². The molecule has 2 aromatic heterocycles. The van der Waals surface area contributed by atoms with Crippen molar-refractivity contribution in [2.24, 2.45) is 0 Å². The second kappa shape index (κ2) is 10.9. The molecule has 0 radical (unpaired) electrons. The quantitative estimate of drug-likeness (QED) is 0.164. The molecule has 0 spiro atoms. The predicted molar refractivity (Wildman–Crippen MR) is 221 cm³/mol. The number of hydrogen-bond donors (Lipinski definition) is 0. The van der Waals surface area contributed by atoms with Gasteiger partial charge >= 0.3 is 0 Å². The molecule has 0 saturated heterocycles. The van der Waals surface area contributed by atoms with Gasteiger partial charge in [0, 0.05) is 40.3 Å². The summed E-state index contributed by atoms with van der Waals surface area (Å²) < 4.78 is 5.44. The van der Waals surface area contributed by atoms with Gasteiger partial charge in [0.15, 0.2) is 0 Å². The number of fused-ring (bicyclic) bond motifs is 11. The van der Waals surface area contributed by atoms with Crippen LogP contribution >= 0.6 is 22.7 Å². The first-order chi connectivity index (χ1) is 24.8. The minimum atomic E-state index is 1.24. The van der Waals surface area contributed by atoms with Crippen LogP contribution in [0.25, 0.3) is 106 Å². The van der Waals surface area contributed by atoms with Crippen LogP contribution in [0.4, 0.5) is 0 Å². The highest BCUT2D eigenvalue weighted by molar-refractivity contribution is 7.28. The summed E-state index contributed by atoms with van der Waals surface area (Å²) in [6.07, 6.45) is 0. The van der Waals surface area contributed by atoms with Gasteiger partial charge in [-0.1, -0.05) is 152 Å². The lowest BCUT2D eigenvalue weighted by atomic mass is 9.86. The topological polar surface area (TPSA) is 0 Å². The summed E-state index contributed by atoms with van der Waals surface area (Å²) in [5.74, 6) is 0. The Morgan fingerprint density at radius 3 is 1.46 bits per heavy atom. The van der Waals surface area contributed by atoms with Crippen LogP contribution in [0.2, 0.25) is 0 Å². The van der Waals surface area contributed by atoms with Crippen molar-refractivity contribution in [2.75, 3.05) is 0 Å². The molecule has 0 unspecified atom stereocenters. The standard InChI is InChI=1S/C48H28S2/c1-2-11-31(12-3-1)44-35-14-6-8-16-37(35)45(38-17-9-7-15-36(38)44)32-20-18-29(19-21-32)33-23-24-39-43(28-33)49-41-26-27-42-47(46(39)41)40-25-22-30-10-4-5-13-34(30)48(40)50-42/h1-28H. The molecule has 2 heterocycles. The molecule has 0 bridgehead atoms. The molecule has 0 atom stereocenters. The lowest BCUT2D eigenvalue weighted by Gasteiger charge is -2.18. The molecule has 0 aliphatic heterocycles. The summed E-state index contributed by atoms with van der Waals surface area (Å²) in [7, 11) is 0. The molecule has 50 heavy (non-hydrogen) atoms. The monoisotopic (exact) mass is 668 g/mol. The van der Waals surface area contributed by atoms with Crippen LogP contribution in [0.5, 0.6) is 0 Å². The van der Waals surface area contributed by atoms with Crippen molar-refractivity contribution in [2.45, 2.75) is 0 Å². The molecule has 0 saturated carbocycles. The highest BCUT2D eigenvalue weighted by atomic mass is 32.1. The van der Waals surface area contributed by atoms with Gasteiger partial charge in [0.05, 0.1) is 0 Å². The molecule has 0 aliphatic carbocycles. The SMILES string of the molecule is c1ccc(-c2c3ccccc3c(-c3ccc(-c4ccc5c(c4)sc4ccc6sc7c8ccccc8ccc7c6c45)cc3)c3ccccc23)cc1. The van der Waals surface area contributed by atoms with Crippen LogP contribution in [-0.2, 0) is 0 Å². The van der Waals surface area contributed by atoms with E-state index >= 15 is 0 Å². The van der Waals surface area contributed by atoms with E-state index in [2.05, 4.69) is 170 Å². The van der Waals surface area contributed by atoms with Gasteiger partial charge in [0.1, 0.15) is 0 Å². The minimum absolute atomic E-state index is 1.24. The Morgan fingerprint density at radius 2 is 0.780 bits per heavy atom. The average molecular weight is 669 g/mol. The Labute approximate surface area is 297 Å². The lowest BCUT2D eigenvalue weighted by Crippen LogP contribution is -1.90. The average Bonchev–Trinajstić information content (AvgIpc) is 3.75. The summed E-state index contributed by atoms with van der Waals surface area (Å²) in [5.41, 5.74) is 7.57. The number of rotatable bonds is 3. The zero-order valence-electron chi connectivity index (χ0n) is 27.0. The van der Waals surface area contributed by atoms with Crippen LogP contribution in [0.3, 0.4) is 0 Å². The molecular weight excluding hydrogens is 641 g/mol. The Bertz CT molecular complexity index is 3070. The van der Waals surface area contributed by atoms with E-state index in [0.717, 1.165) is 0 Å². The fraction of sp³-hybridized carbons (Fsp3) is 0. The van der Waals surface area contributed by atoms with Crippen LogP contribution in [-0.4, -0.2) is 0 Å². The summed E-state index contributed by atoms with van der Waals surface area (Å²) >= 11 is 3.83. The molecule has 0 fully saturated rings. The predicted octanol–water partition coefficient (Wildman–Crippen LogP) is 14.9. The maximum atomic E-state index is 2.39. The third-order valence-electron chi connectivity index (χ3n) is 10.5. The van der Waals surface area contributed by atoms with Crippen molar-refractivity contribution in [3.8, 4) is 33.4 Å². The van der Waals surface area contributed by atoms with Crippen molar-refractivity contribution < 1.29 is 0 Å². The number of thiophene rings is 2. The molecular formula is C48H28S2. The van der Waals surface area contributed by atoms with Gasteiger partial charge in [-0.25, -0.2) is 0 Å². The van der Waals surface area contributed by atoms with Crippen molar-refractivity contribution in [1.29, 1.82) is 0 Å². The van der Waals surface area contributed by atoms with E-state index in [9.17, 15) is 0 Å². The molecule has 2 heteroatoms. The molecule has 0 aliphatic rings. The third kappa shape index (κ3) is 4.10. The van der Waals surface area contributed by atoms with Gasteiger partial charge < -0.3 is 0 Å². The van der Waals surface area contributed by atoms with Gasteiger partial charge in [-0.05, 0) is 83.9 Å². The van der Waals surface area contributed by atoms with Crippen molar-refractivity contribution in [1.82, 2.24) is 0 Å². The van der Waals surface area contributed by atoms with Crippen LogP contribution in [0.15, 0.2) is 170 Å². The Kier molecular flexibility index (Phi) is 6.09. The van der Waals surface area contributed by atoms with E-state index in [-0.39, 0.29) is 0 Å². The molecule has 11 rings (SSSR count). The zero-order valence-corrected chi connectivity index (χ0v) is 28.6. The first-order valence-corrected chi connectivity index (χ1v) is 18.7. The molecule has 0 N–H and O–H groups in total. The fourth-order valence-corrected chi connectivity index (χ4v) is 10.6. The Balaban J connectivity index is 1.05. The molecule has 232 valence electrons. The maximum absolute atomic E-state index is 2.39. The lowest BCUT2D eigenvalue weighted by molar-refractivity contribution is 1.63. The minimum Gasteiger partial charge on any atom is -0.135 e. The van der Waals surface area contributed by atoms with Gasteiger partial charge in [0.2, 0.25) is 0 Å². The van der Waals surface area contributed by atoms with Crippen LogP contribution in [0.1, 0.15) is 0 Å². The number of hydrogen-bond acceptors (Lipinski definition) is 2. The van der Waals surface area contributed by atoms with E-state index in [1.54, 1.807) is 0 Å². The number of benzene rings is 9. The summed E-state index contributed by atoms with van der Waals surface area (Å²) in [6, 6.07) is 62.9. The van der Waals surface area contributed by atoms with Crippen LogP contribution < -0.4 is 0 Å². The molecule has 0 amide bonds. The van der Waals surface area contributed by atoms with Crippen molar-refractivity contribution in [3.05, 3.63) is 170 Å². The summed E-state index contributed by atoms with van der Waals surface area (Å²) in [5, 5.41) is 13.3. The van der Waals surface area contributed by atoms with Gasteiger partial charge in [-0.2, -0.15) is 0 Å². The van der Waals surface area contributed by atoms with E-state index < -0.39 is 0 Å². The molecule has 0 nitrogen and oxygen atoms in total. The van der Waals surface area contributed by atoms with E-state index in [0.29, 0.717) is 0 Å². The van der Waals surface area contributed by atoms with Gasteiger partial charge in [-0.3, -0.25) is 0 Å². The van der Waals surface area contributed by atoms with Gasteiger partial charge in [-0.15, -0.1) is 22.7 Å². The van der Waals surface area contributed by atoms with E-state index in [4.69, 9.17) is 0 Å².